The van der Waals surface area contributed by atoms with Gasteiger partial charge in [-0.15, -0.1) is 0 Å². The van der Waals surface area contributed by atoms with Crippen LogP contribution in [0.5, 0.6) is 11.5 Å². The number of allylic oxidation sites excluding steroid dienone is 1. The Morgan fingerprint density at radius 3 is 2.47 bits per heavy atom. The predicted molar refractivity (Wildman–Crippen MR) is 184 cm³/mol. The van der Waals surface area contributed by atoms with Crippen LogP contribution in [0, 0.1) is 0 Å². The van der Waals surface area contributed by atoms with E-state index in [0.29, 0.717) is 35.2 Å². The van der Waals surface area contributed by atoms with Crippen molar-refractivity contribution in [1.82, 2.24) is 19.9 Å². The number of anilines is 4. The van der Waals surface area contributed by atoms with E-state index in [9.17, 15) is 9.59 Å². The maximum atomic E-state index is 14.6. The average molecular weight is 677 g/mol. The molecule has 0 radical (unpaired) electrons. The van der Waals surface area contributed by atoms with E-state index in [1.807, 2.05) is 62.3 Å². The first-order valence-corrected chi connectivity index (χ1v) is 15.5. The molecule has 0 saturated carbocycles. The van der Waals surface area contributed by atoms with Crippen molar-refractivity contribution in [3.8, 4) is 11.5 Å². The number of benzene rings is 2. The van der Waals surface area contributed by atoms with Crippen LogP contribution in [0.2, 0.25) is 10.0 Å². The van der Waals surface area contributed by atoms with Gasteiger partial charge in [0.25, 0.3) is 0 Å². The summed E-state index contributed by atoms with van der Waals surface area (Å²) >= 11 is 13.6. The zero-order valence-corrected chi connectivity index (χ0v) is 28.2. The number of carbonyl (C=O) groups is 2. The van der Waals surface area contributed by atoms with Gasteiger partial charge in [0, 0.05) is 37.0 Å². The highest BCUT2D eigenvalue weighted by Gasteiger charge is 2.39. The molecule has 47 heavy (non-hydrogen) atoms. The number of rotatable bonds is 12. The summed E-state index contributed by atoms with van der Waals surface area (Å²) in [4.78, 5) is 45.9. The number of methoxy groups -OCH3 is 2. The Morgan fingerprint density at radius 2 is 1.81 bits per heavy atom. The van der Waals surface area contributed by atoms with Crippen molar-refractivity contribution in [2.24, 2.45) is 0 Å². The number of amides is 2. The van der Waals surface area contributed by atoms with E-state index in [-0.39, 0.29) is 40.4 Å². The van der Waals surface area contributed by atoms with Crippen LogP contribution < -0.4 is 24.6 Å². The number of fused-ring (bicyclic) bond motifs is 1. The second-order valence-electron chi connectivity index (χ2n) is 11.1. The number of urea groups is 1. The van der Waals surface area contributed by atoms with Gasteiger partial charge in [-0.1, -0.05) is 59.6 Å². The van der Waals surface area contributed by atoms with Crippen LogP contribution in [-0.4, -0.2) is 66.5 Å². The summed E-state index contributed by atoms with van der Waals surface area (Å²) in [6.07, 6.45) is 6.97. The van der Waals surface area contributed by atoms with Gasteiger partial charge in [-0.25, -0.2) is 14.8 Å². The highest BCUT2D eigenvalue weighted by Crippen LogP contribution is 2.48. The number of ether oxygens (including phenoxy) is 2. The molecule has 11 nitrogen and oxygen atoms in total. The van der Waals surface area contributed by atoms with Crippen LogP contribution in [0.25, 0.3) is 0 Å². The van der Waals surface area contributed by atoms with Crippen molar-refractivity contribution < 1.29 is 19.1 Å². The van der Waals surface area contributed by atoms with Crippen LogP contribution in [0.15, 0.2) is 73.1 Å². The molecule has 1 unspecified atom stereocenters. The summed E-state index contributed by atoms with van der Waals surface area (Å²) in [5, 5.41) is 3.41. The van der Waals surface area contributed by atoms with Crippen molar-refractivity contribution in [2.45, 2.75) is 25.9 Å². The fraction of sp³-hybridized carbons (Fsp3) is 0.265. The smallest absolute Gasteiger partial charge is 0.331 e. The molecule has 5 rings (SSSR count). The van der Waals surface area contributed by atoms with Crippen molar-refractivity contribution in [2.75, 3.05) is 50.0 Å². The molecule has 2 aromatic carbocycles. The van der Waals surface area contributed by atoms with Crippen molar-refractivity contribution in [1.29, 1.82) is 0 Å². The molecule has 244 valence electrons. The Morgan fingerprint density at radius 1 is 1.06 bits per heavy atom. The largest absolute Gasteiger partial charge is 0.495 e. The molecule has 0 spiro atoms. The number of halogens is 2. The number of aromatic nitrogens is 3. The van der Waals surface area contributed by atoms with Crippen LogP contribution in [0.3, 0.4) is 0 Å². The standard InChI is InChI=1S/C34H35Cl2N7O4/c1-21(23-11-8-10-22(16-23)17-25(44)12-9-15-41(2)3)43-32-24(19-38-33(40-32)39-28-13-6-7-14-37-28)20-42(34(43)45)31-29(35)26(46-4)18-27(47-5)30(31)36/h6-14,16,18-19,21H,15,17,20H2,1-5H3,(H,37,38,39,40)/b12-9+. The molecule has 0 fully saturated rings. The van der Waals surface area contributed by atoms with E-state index in [2.05, 4.69) is 15.3 Å². The third kappa shape index (κ3) is 7.48. The summed E-state index contributed by atoms with van der Waals surface area (Å²) in [6, 6.07) is 13.6. The van der Waals surface area contributed by atoms with Gasteiger partial charge >= 0.3 is 6.03 Å². The Hall–Kier alpha value is -4.71. The van der Waals surface area contributed by atoms with E-state index >= 15 is 0 Å². The summed E-state index contributed by atoms with van der Waals surface area (Å²) in [5.74, 6) is 1.80. The number of hydrogen-bond acceptors (Lipinski definition) is 9. The first-order chi connectivity index (χ1) is 22.6. The highest BCUT2D eigenvalue weighted by atomic mass is 35.5. The molecule has 0 saturated heterocycles. The quantitative estimate of drug-likeness (QED) is 0.161. The molecule has 13 heteroatoms. The molecule has 1 N–H and O–H groups in total. The van der Waals surface area contributed by atoms with E-state index < -0.39 is 12.1 Å². The third-order valence-electron chi connectivity index (χ3n) is 7.53. The Bertz CT molecular complexity index is 1770. The lowest BCUT2D eigenvalue weighted by molar-refractivity contribution is -0.114. The number of carbonyl (C=O) groups excluding carboxylic acids is 2. The normalized spacial score (nSPS) is 13.6. The number of nitrogens with one attached hydrogen (secondary N) is 1. The fourth-order valence-electron chi connectivity index (χ4n) is 5.19. The van der Waals surface area contributed by atoms with Gasteiger partial charge in [0.1, 0.15) is 33.2 Å². The number of likely N-dealkylation sites (N-methyl/N-ethyl adjacent to an activating group) is 1. The molecular formula is C34H35Cl2N7O4. The second kappa shape index (κ2) is 14.8. The number of nitrogens with zero attached hydrogens (tertiary/aromatic N) is 6. The zero-order chi connectivity index (χ0) is 33.7. The van der Waals surface area contributed by atoms with Crippen LogP contribution >= 0.6 is 23.2 Å². The lowest BCUT2D eigenvalue weighted by Crippen LogP contribution is -2.49. The van der Waals surface area contributed by atoms with Crippen molar-refractivity contribution >= 4 is 58.3 Å². The van der Waals surface area contributed by atoms with E-state index in [4.69, 9.17) is 37.7 Å². The zero-order valence-electron chi connectivity index (χ0n) is 26.7. The number of hydrogen-bond donors (Lipinski definition) is 1. The lowest BCUT2D eigenvalue weighted by Gasteiger charge is -2.40. The molecule has 3 heterocycles. The summed E-state index contributed by atoms with van der Waals surface area (Å²) in [7, 11) is 6.83. The van der Waals surface area contributed by atoms with E-state index in [0.717, 1.165) is 11.1 Å². The van der Waals surface area contributed by atoms with Crippen molar-refractivity contribution in [3.63, 3.8) is 0 Å². The van der Waals surface area contributed by atoms with Crippen LogP contribution in [0.4, 0.5) is 28.1 Å². The van der Waals surface area contributed by atoms with Crippen LogP contribution in [0.1, 0.15) is 29.7 Å². The first kappa shape index (κ1) is 33.6. The monoisotopic (exact) mass is 675 g/mol. The molecular weight excluding hydrogens is 641 g/mol. The average Bonchev–Trinajstić information content (AvgIpc) is 3.05. The lowest BCUT2D eigenvalue weighted by atomic mass is 10.00. The molecule has 0 bridgehead atoms. The number of ketones is 1. The third-order valence-corrected chi connectivity index (χ3v) is 8.26. The van der Waals surface area contributed by atoms with Gasteiger partial charge in [0.05, 0.1) is 32.5 Å². The topological polar surface area (TPSA) is 113 Å². The Kier molecular flexibility index (Phi) is 10.6. The molecule has 4 aromatic rings. The van der Waals surface area contributed by atoms with Gasteiger partial charge < -0.3 is 19.7 Å². The second-order valence-corrected chi connectivity index (χ2v) is 11.9. The SMILES string of the molecule is COc1cc(OC)c(Cl)c(N2Cc3cnc(Nc4ccccn4)nc3N(C(C)c3cccc(CC(=O)/C=C/CN(C)C)c3)C2=O)c1Cl. The Labute approximate surface area is 283 Å². The predicted octanol–water partition coefficient (Wildman–Crippen LogP) is 6.88. The molecule has 2 aromatic heterocycles. The molecule has 1 aliphatic rings. The summed E-state index contributed by atoms with van der Waals surface area (Å²) < 4.78 is 11.0. The van der Waals surface area contributed by atoms with Gasteiger partial charge in [-0.3, -0.25) is 14.6 Å². The minimum absolute atomic E-state index is 0.0172. The van der Waals surface area contributed by atoms with Gasteiger partial charge in [0.2, 0.25) is 5.95 Å². The fourth-order valence-corrected chi connectivity index (χ4v) is 5.89. The van der Waals surface area contributed by atoms with Crippen LogP contribution in [-0.2, 0) is 17.8 Å². The van der Waals surface area contributed by atoms with E-state index in [1.165, 1.54) is 19.1 Å². The molecule has 1 atom stereocenters. The van der Waals surface area contributed by atoms with E-state index in [1.54, 1.807) is 41.6 Å². The maximum Gasteiger partial charge on any atom is 0.331 e. The minimum atomic E-state index is -0.536. The van der Waals surface area contributed by atoms with Gasteiger partial charge in [-0.05, 0) is 50.4 Å². The minimum Gasteiger partial charge on any atom is -0.495 e. The molecule has 1 aliphatic heterocycles. The summed E-state index contributed by atoms with van der Waals surface area (Å²) in [5.41, 5.74) is 2.50. The maximum absolute atomic E-state index is 14.6. The number of pyridine rings is 1. The Balaban J connectivity index is 1.57. The first-order valence-electron chi connectivity index (χ1n) is 14.8. The van der Waals surface area contributed by atoms with Crippen molar-refractivity contribution in [3.05, 3.63) is 99.8 Å². The molecule has 0 aliphatic carbocycles. The van der Waals surface area contributed by atoms with Gasteiger partial charge in [-0.2, -0.15) is 4.98 Å². The highest BCUT2D eigenvalue weighted by molar-refractivity contribution is 6.42. The van der Waals surface area contributed by atoms with Gasteiger partial charge in [0.15, 0.2) is 5.78 Å². The molecule has 2 amide bonds. The summed E-state index contributed by atoms with van der Waals surface area (Å²) in [6.45, 7) is 2.64.